The van der Waals surface area contributed by atoms with Gasteiger partial charge in [-0.25, -0.2) is 9.97 Å². The van der Waals surface area contributed by atoms with Crippen LogP contribution in [-0.4, -0.2) is 19.1 Å². The minimum absolute atomic E-state index is 0.672. The van der Waals surface area contributed by atoms with E-state index in [0.717, 1.165) is 33.2 Å². The van der Waals surface area contributed by atoms with Crippen LogP contribution < -0.4 is 0 Å². The Bertz CT molecular complexity index is 3460. The van der Waals surface area contributed by atoms with E-state index >= 15 is 0 Å². The molecule has 8 aromatic carbocycles. The van der Waals surface area contributed by atoms with Gasteiger partial charge in [0.05, 0.1) is 33.3 Å². The molecule has 0 N–H and O–H groups in total. The molecule has 0 saturated carbocycles. The molecule has 0 unspecified atom stereocenters. The van der Waals surface area contributed by atoms with E-state index in [1.165, 1.54) is 69.2 Å². The summed E-state index contributed by atoms with van der Waals surface area (Å²) in [5.74, 6) is 0.672. The number of thiophene rings is 1. The van der Waals surface area contributed by atoms with Crippen molar-refractivity contribution in [2.45, 2.75) is 0 Å². The highest BCUT2D eigenvalue weighted by molar-refractivity contribution is 7.26. The van der Waals surface area contributed by atoms with Gasteiger partial charge >= 0.3 is 0 Å². The molecule has 0 aliphatic carbocycles. The van der Waals surface area contributed by atoms with Gasteiger partial charge in [0.15, 0.2) is 0 Å². The molecule has 53 heavy (non-hydrogen) atoms. The van der Waals surface area contributed by atoms with E-state index in [1.54, 1.807) is 0 Å². The molecule has 0 amide bonds. The number of benzene rings is 8. The summed E-state index contributed by atoms with van der Waals surface area (Å²) < 4.78 is 7.27. The lowest BCUT2D eigenvalue weighted by atomic mass is 10.0. The van der Waals surface area contributed by atoms with E-state index in [2.05, 4.69) is 173 Å². The number of nitrogens with zero attached hydrogens (tertiary/aromatic N) is 4. The van der Waals surface area contributed by atoms with E-state index < -0.39 is 0 Å². The third-order valence-corrected chi connectivity index (χ3v) is 12.0. The molecule has 0 aliphatic rings. The first-order valence-electron chi connectivity index (χ1n) is 17.9. The topological polar surface area (TPSA) is 35.6 Å². The van der Waals surface area contributed by atoms with Gasteiger partial charge in [-0.3, -0.25) is 4.57 Å². The van der Waals surface area contributed by atoms with Crippen molar-refractivity contribution in [2.24, 2.45) is 0 Å². The maximum Gasteiger partial charge on any atom is 0.235 e. The summed E-state index contributed by atoms with van der Waals surface area (Å²) in [5, 5.41) is 11.1. The fraction of sp³-hybridized carbons (Fsp3) is 0. The van der Waals surface area contributed by atoms with Crippen molar-refractivity contribution in [3.05, 3.63) is 170 Å². The zero-order valence-electron chi connectivity index (χ0n) is 28.4. The standard InChI is InChI=1S/C48H28N4S/c1-2-13-30(14-3-1)47-33-16-6-9-19-36(33)49-48(50-47)52-38-21-11-8-18-35(38)44-40(52)25-27-42-46(44)45-41(53-42)26-24-39-43(45)34-17-7-10-20-37(34)51(39)32-23-22-29-12-4-5-15-31(29)28-32/h1-28H. The quantitative estimate of drug-likeness (QED) is 0.185. The normalized spacial score (nSPS) is 12.2. The molecule has 0 radical (unpaired) electrons. The van der Waals surface area contributed by atoms with Crippen molar-refractivity contribution in [1.29, 1.82) is 0 Å². The monoisotopic (exact) mass is 692 g/mol. The van der Waals surface area contributed by atoms with Crippen LogP contribution in [0.15, 0.2) is 170 Å². The highest BCUT2D eigenvalue weighted by Crippen LogP contribution is 2.48. The van der Waals surface area contributed by atoms with Gasteiger partial charge in [0.25, 0.3) is 0 Å². The van der Waals surface area contributed by atoms with Gasteiger partial charge < -0.3 is 4.57 Å². The molecule has 12 rings (SSSR count). The Morgan fingerprint density at radius 1 is 0.396 bits per heavy atom. The molecule has 0 spiro atoms. The van der Waals surface area contributed by atoms with Crippen LogP contribution in [0.4, 0.5) is 0 Å². The van der Waals surface area contributed by atoms with Crippen LogP contribution in [0, 0.1) is 0 Å². The average molecular weight is 693 g/mol. The highest BCUT2D eigenvalue weighted by atomic mass is 32.1. The zero-order chi connectivity index (χ0) is 34.6. The van der Waals surface area contributed by atoms with Crippen LogP contribution in [-0.2, 0) is 0 Å². The van der Waals surface area contributed by atoms with Crippen molar-refractivity contribution in [1.82, 2.24) is 19.1 Å². The number of aromatic nitrogens is 4. The van der Waals surface area contributed by atoms with Crippen molar-refractivity contribution < 1.29 is 0 Å². The van der Waals surface area contributed by atoms with Crippen molar-refractivity contribution in [2.75, 3.05) is 0 Å². The summed E-state index contributed by atoms with van der Waals surface area (Å²) in [6.45, 7) is 0. The van der Waals surface area contributed by atoms with E-state index in [9.17, 15) is 0 Å². The lowest BCUT2D eigenvalue weighted by molar-refractivity contribution is 1.01. The first-order chi connectivity index (χ1) is 26.3. The van der Waals surface area contributed by atoms with Crippen LogP contribution in [0.3, 0.4) is 0 Å². The third kappa shape index (κ3) is 4.05. The van der Waals surface area contributed by atoms with Gasteiger partial charge in [-0.1, -0.05) is 115 Å². The molecule has 4 nitrogen and oxygen atoms in total. The van der Waals surface area contributed by atoms with Gasteiger partial charge in [-0.05, 0) is 65.4 Å². The minimum atomic E-state index is 0.672. The average Bonchev–Trinajstić information content (AvgIpc) is 3.88. The second-order valence-corrected chi connectivity index (χ2v) is 14.8. The Labute approximate surface area is 307 Å². The van der Waals surface area contributed by atoms with E-state index in [1.807, 2.05) is 17.4 Å². The SMILES string of the molecule is c1ccc(-c2nc(-n3c4ccccc4c4c5c(ccc43)sc3ccc4c(c6ccccc6n4-c4ccc6ccccc6c4)c35)nc3ccccc23)cc1. The van der Waals surface area contributed by atoms with Gasteiger partial charge in [0.1, 0.15) is 0 Å². The van der Waals surface area contributed by atoms with Crippen LogP contribution in [0.25, 0.3) is 108 Å². The fourth-order valence-corrected chi connectivity index (χ4v) is 9.78. The molecular weight excluding hydrogens is 665 g/mol. The van der Waals surface area contributed by atoms with Crippen LogP contribution in [0.2, 0.25) is 0 Å². The summed E-state index contributed by atoms with van der Waals surface area (Å²) in [4.78, 5) is 10.6. The predicted octanol–water partition coefficient (Wildman–Crippen LogP) is 13.0. The Morgan fingerprint density at radius 2 is 0.981 bits per heavy atom. The van der Waals surface area contributed by atoms with Crippen molar-refractivity contribution in [3.63, 3.8) is 0 Å². The predicted molar refractivity (Wildman–Crippen MR) is 224 cm³/mol. The summed E-state index contributed by atoms with van der Waals surface area (Å²) in [6.07, 6.45) is 0. The molecule has 0 saturated heterocycles. The van der Waals surface area contributed by atoms with Gasteiger partial charge in [0, 0.05) is 58.4 Å². The number of hydrogen-bond donors (Lipinski definition) is 0. The summed E-state index contributed by atoms with van der Waals surface area (Å²) in [6, 6.07) is 61.0. The van der Waals surface area contributed by atoms with Crippen molar-refractivity contribution in [3.8, 4) is 22.9 Å². The second kappa shape index (κ2) is 10.8. The summed E-state index contributed by atoms with van der Waals surface area (Å²) >= 11 is 1.87. The van der Waals surface area contributed by atoms with Crippen LogP contribution in [0.1, 0.15) is 0 Å². The maximum atomic E-state index is 5.34. The van der Waals surface area contributed by atoms with Gasteiger partial charge in [-0.15, -0.1) is 11.3 Å². The third-order valence-electron chi connectivity index (χ3n) is 10.9. The molecule has 4 heterocycles. The molecule has 5 heteroatoms. The van der Waals surface area contributed by atoms with Crippen LogP contribution in [0.5, 0.6) is 0 Å². The van der Waals surface area contributed by atoms with Crippen LogP contribution >= 0.6 is 11.3 Å². The molecule has 0 fully saturated rings. The van der Waals surface area contributed by atoms with E-state index in [4.69, 9.17) is 9.97 Å². The molecule has 246 valence electrons. The number of rotatable bonds is 3. The Morgan fingerprint density at radius 3 is 1.72 bits per heavy atom. The number of hydrogen-bond acceptors (Lipinski definition) is 3. The molecule has 12 aromatic rings. The molecule has 0 aliphatic heterocycles. The molecular formula is C48H28N4S. The van der Waals surface area contributed by atoms with E-state index in [0.29, 0.717) is 5.95 Å². The summed E-state index contributed by atoms with van der Waals surface area (Å²) in [5.41, 5.74) is 8.70. The van der Waals surface area contributed by atoms with Crippen molar-refractivity contribution >= 4 is 96.8 Å². The first kappa shape index (κ1) is 28.8. The number of para-hydroxylation sites is 3. The largest absolute Gasteiger partial charge is 0.309 e. The Kier molecular flexibility index (Phi) is 5.90. The second-order valence-electron chi connectivity index (χ2n) is 13.8. The maximum absolute atomic E-state index is 5.34. The minimum Gasteiger partial charge on any atom is -0.309 e. The molecule has 4 aromatic heterocycles. The lowest BCUT2D eigenvalue weighted by Crippen LogP contribution is -2.03. The van der Waals surface area contributed by atoms with E-state index in [-0.39, 0.29) is 0 Å². The fourth-order valence-electron chi connectivity index (χ4n) is 8.66. The highest BCUT2D eigenvalue weighted by Gasteiger charge is 2.23. The number of fused-ring (bicyclic) bond motifs is 13. The first-order valence-corrected chi connectivity index (χ1v) is 18.7. The smallest absolute Gasteiger partial charge is 0.235 e. The lowest BCUT2D eigenvalue weighted by Gasteiger charge is -2.11. The Hall–Kier alpha value is -6.82. The molecule has 0 atom stereocenters. The van der Waals surface area contributed by atoms with Gasteiger partial charge in [-0.2, -0.15) is 0 Å². The molecule has 0 bridgehead atoms. The Balaban J connectivity index is 1.22. The van der Waals surface area contributed by atoms with Gasteiger partial charge in [0.2, 0.25) is 5.95 Å². The zero-order valence-corrected chi connectivity index (χ0v) is 29.2. The summed E-state index contributed by atoms with van der Waals surface area (Å²) in [7, 11) is 0.